The molecule has 2 rings (SSSR count). The van der Waals surface area contributed by atoms with Crippen LogP contribution in [0.5, 0.6) is 0 Å². The molecule has 2 fully saturated rings. The first kappa shape index (κ1) is 9.97. The molecular formula is C11H20N2O. The molecule has 3 heteroatoms. The minimum atomic E-state index is 0.310. The van der Waals surface area contributed by atoms with E-state index >= 15 is 0 Å². The fraction of sp³-hybridized carbons (Fsp3) is 0.909. The lowest BCUT2D eigenvalue weighted by molar-refractivity contribution is -0.133. The highest BCUT2D eigenvalue weighted by atomic mass is 16.2. The fourth-order valence-electron chi connectivity index (χ4n) is 2.21. The average molecular weight is 196 g/mol. The Morgan fingerprint density at radius 3 is 2.79 bits per heavy atom. The van der Waals surface area contributed by atoms with Crippen LogP contribution in [0.2, 0.25) is 0 Å². The highest BCUT2D eigenvalue weighted by Gasteiger charge is 2.24. The molecule has 3 nitrogen and oxygen atoms in total. The molecule has 1 unspecified atom stereocenters. The lowest BCUT2D eigenvalue weighted by atomic mass is 9.91. The normalized spacial score (nSPS) is 29.1. The van der Waals surface area contributed by atoms with Gasteiger partial charge in [0.15, 0.2) is 0 Å². The second-order valence-corrected chi connectivity index (χ2v) is 4.72. The molecule has 14 heavy (non-hydrogen) atoms. The standard InChI is InChI=1S/C11H20N2O/c1-13-8-9(5-6-11(13)14)7-12-10-3-2-4-10/h9-10,12H,2-8H2,1H3. The van der Waals surface area contributed by atoms with Gasteiger partial charge < -0.3 is 10.2 Å². The van der Waals surface area contributed by atoms with Crippen LogP contribution in [0, 0.1) is 5.92 Å². The van der Waals surface area contributed by atoms with Crippen LogP contribution in [0.15, 0.2) is 0 Å². The average Bonchev–Trinajstić information content (AvgIpc) is 2.08. The van der Waals surface area contributed by atoms with Gasteiger partial charge in [-0.15, -0.1) is 0 Å². The van der Waals surface area contributed by atoms with Crippen molar-refractivity contribution in [3.63, 3.8) is 0 Å². The van der Waals surface area contributed by atoms with Crippen molar-refractivity contribution in [2.75, 3.05) is 20.1 Å². The summed E-state index contributed by atoms with van der Waals surface area (Å²) < 4.78 is 0. The van der Waals surface area contributed by atoms with Crippen LogP contribution in [-0.2, 0) is 4.79 Å². The first-order valence-corrected chi connectivity index (χ1v) is 5.73. The Morgan fingerprint density at radius 1 is 1.43 bits per heavy atom. The molecule has 0 bridgehead atoms. The highest BCUT2D eigenvalue weighted by molar-refractivity contribution is 5.76. The monoisotopic (exact) mass is 196 g/mol. The maximum atomic E-state index is 11.3. The zero-order valence-electron chi connectivity index (χ0n) is 8.96. The van der Waals surface area contributed by atoms with E-state index in [1.165, 1.54) is 19.3 Å². The van der Waals surface area contributed by atoms with E-state index in [-0.39, 0.29) is 0 Å². The molecule has 0 aromatic heterocycles. The van der Waals surface area contributed by atoms with Crippen LogP contribution in [0.3, 0.4) is 0 Å². The number of nitrogens with one attached hydrogen (secondary N) is 1. The Bertz CT molecular complexity index is 213. The zero-order valence-corrected chi connectivity index (χ0v) is 8.96. The van der Waals surface area contributed by atoms with Gasteiger partial charge >= 0.3 is 0 Å². The maximum Gasteiger partial charge on any atom is 0.222 e. The third-order valence-electron chi connectivity index (χ3n) is 3.52. The molecular weight excluding hydrogens is 176 g/mol. The molecule has 80 valence electrons. The molecule has 2 aliphatic rings. The van der Waals surface area contributed by atoms with Crippen molar-refractivity contribution < 1.29 is 4.79 Å². The van der Waals surface area contributed by atoms with Crippen molar-refractivity contribution in [1.82, 2.24) is 10.2 Å². The van der Waals surface area contributed by atoms with Gasteiger partial charge in [0.25, 0.3) is 0 Å². The SMILES string of the molecule is CN1CC(CNC2CCC2)CCC1=O. The molecule has 1 saturated carbocycles. The highest BCUT2D eigenvalue weighted by Crippen LogP contribution is 2.20. The Morgan fingerprint density at radius 2 is 2.21 bits per heavy atom. The van der Waals surface area contributed by atoms with Gasteiger partial charge in [0.05, 0.1) is 0 Å². The van der Waals surface area contributed by atoms with E-state index in [1.807, 2.05) is 11.9 Å². The number of rotatable bonds is 3. The van der Waals surface area contributed by atoms with E-state index in [2.05, 4.69) is 5.32 Å². The van der Waals surface area contributed by atoms with Crippen LogP contribution in [-0.4, -0.2) is 37.0 Å². The predicted molar refractivity (Wildman–Crippen MR) is 56.0 cm³/mol. The summed E-state index contributed by atoms with van der Waals surface area (Å²) in [5.74, 6) is 0.989. The first-order chi connectivity index (χ1) is 6.75. The van der Waals surface area contributed by atoms with Crippen molar-refractivity contribution in [3.8, 4) is 0 Å². The number of piperidine rings is 1. The topological polar surface area (TPSA) is 32.3 Å². The molecule has 0 aromatic rings. The predicted octanol–water partition coefficient (Wildman–Crippen LogP) is 0.997. The Hall–Kier alpha value is -0.570. The van der Waals surface area contributed by atoms with E-state index in [9.17, 15) is 4.79 Å². The summed E-state index contributed by atoms with van der Waals surface area (Å²) in [5.41, 5.74) is 0. The van der Waals surface area contributed by atoms with Gasteiger partial charge in [-0.1, -0.05) is 6.42 Å². The van der Waals surface area contributed by atoms with Gasteiger partial charge in [0.1, 0.15) is 0 Å². The van der Waals surface area contributed by atoms with Crippen LogP contribution in [0.4, 0.5) is 0 Å². The maximum absolute atomic E-state index is 11.3. The largest absolute Gasteiger partial charge is 0.345 e. The number of hydrogen-bond donors (Lipinski definition) is 1. The number of likely N-dealkylation sites (tertiary alicyclic amines) is 1. The van der Waals surface area contributed by atoms with E-state index < -0.39 is 0 Å². The van der Waals surface area contributed by atoms with Gasteiger partial charge in [0.2, 0.25) is 5.91 Å². The fourth-order valence-corrected chi connectivity index (χ4v) is 2.21. The van der Waals surface area contributed by atoms with Crippen molar-refractivity contribution >= 4 is 5.91 Å². The van der Waals surface area contributed by atoms with Crippen molar-refractivity contribution in [2.24, 2.45) is 5.92 Å². The quantitative estimate of drug-likeness (QED) is 0.730. The first-order valence-electron chi connectivity index (χ1n) is 5.73. The lowest BCUT2D eigenvalue weighted by Crippen LogP contribution is -2.44. The molecule has 1 aliphatic heterocycles. The smallest absolute Gasteiger partial charge is 0.222 e. The third kappa shape index (κ3) is 2.27. The molecule has 1 N–H and O–H groups in total. The molecule has 1 aliphatic carbocycles. The molecule has 1 heterocycles. The Kier molecular flexibility index (Phi) is 3.06. The minimum absolute atomic E-state index is 0.310. The van der Waals surface area contributed by atoms with Gasteiger partial charge in [-0.05, 0) is 31.7 Å². The van der Waals surface area contributed by atoms with Gasteiger partial charge in [-0.3, -0.25) is 4.79 Å². The van der Waals surface area contributed by atoms with Crippen molar-refractivity contribution in [1.29, 1.82) is 0 Å². The summed E-state index contributed by atoms with van der Waals surface area (Å²) in [6.07, 6.45) is 5.90. The summed E-state index contributed by atoms with van der Waals surface area (Å²) >= 11 is 0. The summed E-state index contributed by atoms with van der Waals surface area (Å²) in [4.78, 5) is 13.1. The van der Waals surface area contributed by atoms with Crippen LogP contribution < -0.4 is 5.32 Å². The van der Waals surface area contributed by atoms with E-state index in [1.54, 1.807) is 0 Å². The number of carbonyl (C=O) groups excluding carboxylic acids is 1. The summed E-state index contributed by atoms with van der Waals surface area (Å²) in [7, 11) is 1.91. The molecule has 1 atom stereocenters. The van der Waals surface area contributed by atoms with Crippen molar-refractivity contribution in [2.45, 2.75) is 38.1 Å². The van der Waals surface area contributed by atoms with Crippen molar-refractivity contribution in [3.05, 3.63) is 0 Å². The summed E-state index contributed by atoms with van der Waals surface area (Å²) in [6, 6.07) is 0.776. The summed E-state index contributed by atoms with van der Waals surface area (Å²) in [6.45, 7) is 2.04. The molecule has 0 aromatic carbocycles. The van der Waals surface area contributed by atoms with Crippen LogP contribution in [0.25, 0.3) is 0 Å². The van der Waals surface area contributed by atoms with Crippen LogP contribution in [0.1, 0.15) is 32.1 Å². The minimum Gasteiger partial charge on any atom is -0.345 e. The summed E-state index contributed by atoms with van der Waals surface area (Å²) in [5, 5.41) is 3.59. The third-order valence-corrected chi connectivity index (χ3v) is 3.52. The molecule has 0 spiro atoms. The van der Waals surface area contributed by atoms with E-state index in [0.717, 1.165) is 32.0 Å². The van der Waals surface area contributed by atoms with E-state index in [0.29, 0.717) is 11.8 Å². The van der Waals surface area contributed by atoms with Gasteiger partial charge in [0, 0.05) is 26.1 Å². The second kappa shape index (κ2) is 4.30. The molecule has 0 radical (unpaired) electrons. The molecule has 1 saturated heterocycles. The number of carbonyl (C=O) groups is 1. The number of amides is 1. The van der Waals surface area contributed by atoms with Gasteiger partial charge in [-0.25, -0.2) is 0 Å². The van der Waals surface area contributed by atoms with Crippen LogP contribution >= 0.6 is 0 Å². The zero-order chi connectivity index (χ0) is 9.97. The lowest BCUT2D eigenvalue weighted by Gasteiger charge is -2.33. The Labute approximate surface area is 85.8 Å². The number of nitrogens with zero attached hydrogens (tertiary/aromatic N) is 1. The number of hydrogen-bond acceptors (Lipinski definition) is 2. The second-order valence-electron chi connectivity index (χ2n) is 4.72. The molecule has 1 amide bonds. The van der Waals surface area contributed by atoms with Gasteiger partial charge in [-0.2, -0.15) is 0 Å². The Balaban J connectivity index is 1.68. The van der Waals surface area contributed by atoms with E-state index in [4.69, 9.17) is 0 Å².